The number of rotatable bonds is 5. The highest BCUT2D eigenvalue weighted by molar-refractivity contribution is 4.90. The fourth-order valence-electron chi connectivity index (χ4n) is 2.44. The van der Waals surface area contributed by atoms with E-state index in [4.69, 9.17) is 10.5 Å². The summed E-state index contributed by atoms with van der Waals surface area (Å²) in [6, 6.07) is 0. The van der Waals surface area contributed by atoms with Gasteiger partial charge in [-0.3, -0.25) is 0 Å². The van der Waals surface area contributed by atoms with Gasteiger partial charge in [-0.2, -0.15) is 0 Å². The van der Waals surface area contributed by atoms with E-state index in [0.717, 1.165) is 25.3 Å². The van der Waals surface area contributed by atoms with E-state index in [0.29, 0.717) is 18.6 Å². The first-order valence-corrected chi connectivity index (χ1v) is 6.16. The van der Waals surface area contributed by atoms with Crippen LogP contribution < -0.4 is 5.73 Å². The molecular formula is C12H21N3O. The molecule has 2 N–H and O–H groups in total. The molecule has 2 rings (SSSR count). The molecule has 0 saturated heterocycles. The number of imidazole rings is 1. The molecule has 2 unspecified atom stereocenters. The first-order valence-electron chi connectivity index (χ1n) is 6.16. The number of ether oxygens (including phenoxy) is 1. The lowest BCUT2D eigenvalue weighted by atomic mass is 10.1. The summed E-state index contributed by atoms with van der Waals surface area (Å²) in [7, 11) is 0. The van der Waals surface area contributed by atoms with E-state index in [1.165, 1.54) is 12.8 Å². The molecule has 0 aliphatic heterocycles. The molecule has 0 bridgehead atoms. The third-order valence-corrected chi connectivity index (χ3v) is 3.46. The van der Waals surface area contributed by atoms with Crippen LogP contribution in [0.1, 0.15) is 32.0 Å². The van der Waals surface area contributed by atoms with Crippen LogP contribution in [0.25, 0.3) is 0 Å². The van der Waals surface area contributed by atoms with Crippen molar-refractivity contribution in [3.63, 3.8) is 0 Å². The molecular weight excluding hydrogens is 202 g/mol. The van der Waals surface area contributed by atoms with Crippen molar-refractivity contribution in [1.82, 2.24) is 9.55 Å². The third-order valence-electron chi connectivity index (χ3n) is 3.46. The summed E-state index contributed by atoms with van der Waals surface area (Å²) in [6.45, 7) is 4.42. The summed E-state index contributed by atoms with van der Waals surface area (Å²) in [6.07, 6.45) is 7.77. The number of hydrogen-bond acceptors (Lipinski definition) is 3. The highest BCUT2D eigenvalue weighted by Gasteiger charge is 2.26. The van der Waals surface area contributed by atoms with Gasteiger partial charge in [0.15, 0.2) is 0 Å². The van der Waals surface area contributed by atoms with Crippen LogP contribution in [0.5, 0.6) is 0 Å². The second kappa shape index (κ2) is 5.46. The third kappa shape index (κ3) is 2.44. The molecule has 0 radical (unpaired) electrons. The topological polar surface area (TPSA) is 53.1 Å². The average Bonchev–Trinajstić information content (AvgIpc) is 2.94. The van der Waals surface area contributed by atoms with Crippen LogP contribution in [0.15, 0.2) is 12.4 Å². The highest BCUT2D eigenvalue weighted by Crippen LogP contribution is 2.27. The zero-order chi connectivity index (χ0) is 11.4. The Hall–Kier alpha value is -0.870. The van der Waals surface area contributed by atoms with Gasteiger partial charge in [-0.15, -0.1) is 0 Å². The zero-order valence-electron chi connectivity index (χ0n) is 9.93. The minimum atomic E-state index is 0.340. The van der Waals surface area contributed by atoms with Crippen LogP contribution >= 0.6 is 0 Å². The summed E-state index contributed by atoms with van der Waals surface area (Å²) in [5, 5.41) is 0. The Morgan fingerprint density at radius 1 is 1.56 bits per heavy atom. The summed E-state index contributed by atoms with van der Waals surface area (Å²) in [5.74, 6) is 1.57. The fraction of sp³-hybridized carbons (Fsp3) is 0.750. The summed E-state index contributed by atoms with van der Waals surface area (Å²) >= 11 is 0. The van der Waals surface area contributed by atoms with Crippen LogP contribution in [-0.4, -0.2) is 22.2 Å². The van der Waals surface area contributed by atoms with Crippen molar-refractivity contribution in [1.29, 1.82) is 0 Å². The molecule has 1 aliphatic carbocycles. The van der Waals surface area contributed by atoms with Gasteiger partial charge in [-0.05, 0) is 32.2 Å². The quantitative estimate of drug-likeness (QED) is 0.824. The monoisotopic (exact) mass is 223 g/mol. The average molecular weight is 223 g/mol. The van der Waals surface area contributed by atoms with E-state index in [9.17, 15) is 0 Å². The first-order chi connectivity index (χ1) is 7.85. The Balaban J connectivity index is 1.87. The summed E-state index contributed by atoms with van der Waals surface area (Å²) in [5.41, 5.74) is 5.73. The van der Waals surface area contributed by atoms with E-state index in [1.807, 2.05) is 12.4 Å². The summed E-state index contributed by atoms with van der Waals surface area (Å²) in [4.78, 5) is 4.31. The molecule has 1 fully saturated rings. The molecule has 1 aromatic heterocycles. The summed E-state index contributed by atoms with van der Waals surface area (Å²) < 4.78 is 8.05. The Labute approximate surface area is 96.8 Å². The zero-order valence-corrected chi connectivity index (χ0v) is 9.93. The first kappa shape index (κ1) is 11.6. The molecule has 1 aliphatic rings. The minimum absolute atomic E-state index is 0.340. The van der Waals surface area contributed by atoms with E-state index in [-0.39, 0.29) is 0 Å². The predicted molar refractivity (Wildman–Crippen MR) is 62.9 cm³/mol. The van der Waals surface area contributed by atoms with E-state index < -0.39 is 0 Å². The maximum Gasteiger partial charge on any atom is 0.134 e. The molecule has 16 heavy (non-hydrogen) atoms. The molecule has 0 aromatic carbocycles. The molecule has 0 spiro atoms. The van der Waals surface area contributed by atoms with Gasteiger partial charge in [0.25, 0.3) is 0 Å². The SMILES string of the molecule is CCn1ccnc1COC1CCCC1CN. The molecule has 4 heteroatoms. The number of aryl methyl sites for hydroxylation is 1. The fourth-order valence-corrected chi connectivity index (χ4v) is 2.44. The Morgan fingerprint density at radius 2 is 2.44 bits per heavy atom. The Morgan fingerprint density at radius 3 is 3.19 bits per heavy atom. The van der Waals surface area contributed by atoms with Crippen LogP contribution in [-0.2, 0) is 17.9 Å². The number of aromatic nitrogens is 2. The van der Waals surface area contributed by atoms with Crippen molar-refractivity contribution >= 4 is 0 Å². The van der Waals surface area contributed by atoms with Gasteiger partial charge < -0.3 is 15.0 Å². The van der Waals surface area contributed by atoms with Crippen molar-refractivity contribution in [2.45, 2.75) is 45.4 Å². The molecule has 1 heterocycles. The molecule has 90 valence electrons. The molecule has 0 amide bonds. The Kier molecular flexibility index (Phi) is 3.96. The highest BCUT2D eigenvalue weighted by atomic mass is 16.5. The van der Waals surface area contributed by atoms with Crippen LogP contribution in [0, 0.1) is 5.92 Å². The van der Waals surface area contributed by atoms with Gasteiger partial charge in [0.1, 0.15) is 12.4 Å². The molecule has 1 saturated carbocycles. The van der Waals surface area contributed by atoms with Crippen LogP contribution in [0.3, 0.4) is 0 Å². The Bertz CT molecular complexity index is 324. The lowest BCUT2D eigenvalue weighted by Gasteiger charge is -2.18. The largest absolute Gasteiger partial charge is 0.370 e. The van der Waals surface area contributed by atoms with Gasteiger partial charge >= 0.3 is 0 Å². The van der Waals surface area contributed by atoms with Crippen molar-refractivity contribution in [3.8, 4) is 0 Å². The second-order valence-corrected chi connectivity index (χ2v) is 4.41. The van der Waals surface area contributed by atoms with Gasteiger partial charge in [-0.25, -0.2) is 4.98 Å². The number of hydrogen-bond donors (Lipinski definition) is 1. The van der Waals surface area contributed by atoms with Gasteiger partial charge in [-0.1, -0.05) is 6.42 Å². The molecule has 2 atom stereocenters. The van der Waals surface area contributed by atoms with Gasteiger partial charge in [0.2, 0.25) is 0 Å². The lowest BCUT2D eigenvalue weighted by molar-refractivity contribution is 0.0135. The van der Waals surface area contributed by atoms with Crippen molar-refractivity contribution in [3.05, 3.63) is 18.2 Å². The van der Waals surface area contributed by atoms with Crippen LogP contribution in [0.4, 0.5) is 0 Å². The minimum Gasteiger partial charge on any atom is -0.370 e. The lowest BCUT2D eigenvalue weighted by Crippen LogP contribution is -2.25. The predicted octanol–water partition coefficient (Wildman–Crippen LogP) is 1.55. The number of nitrogens with zero attached hydrogens (tertiary/aromatic N) is 2. The van der Waals surface area contributed by atoms with E-state index >= 15 is 0 Å². The normalized spacial score (nSPS) is 25.1. The van der Waals surface area contributed by atoms with Crippen molar-refractivity contribution in [2.75, 3.05) is 6.54 Å². The maximum absolute atomic E-state index is 5.93. The van der Waals surface area contributed by atoms with Gasteiger partial charge in [0, 0.05) is 18.9 Å². The van der Waals surface area contributed by atoms with Gasteiger partial charge in [0.05, 0.1) is 6.10 Å². The van der Waals surface area contributed by atoms with Crippen LogP contribution in [0.2, 0.25) is 0 Å². The second-order valence-electron chi connectivity index (χ2n) is 4.41. The maximum atomic E-state index is 5.93. The molecule has 4 nitrogen and oxygen atoms in total. The van der Waals surface area contributed by atoms with Crippen molar-refractivity contribution in [2.24, 2.45) is 11.7 Å². The van der Waals surface area contributed by atoms with Crippen molar-refractivity contribution < 1.29 is 4.74 Å². The standard InChI is InChI=1S/C12H21N3O/c1-2-15-7-6-14-12(15)9-16-11-5-3-4-10(11)8-13/h6-7,10-11H,2-5,8-9,13H2,1H3. The van der Waals surface area contributed by atoms with E-state index in [2.05, 4.69) is 16.5 Å². The number of nitrogens with two attached hydrogens (primary N) is 1. The smallest absolute Gasteiger partial charge is 0.134 e. The van der Waals surface area contributed by atoms with E-state index in [1.54, 1.807) is 0 Å². The molecule has 1 aromatic rings.